The fourth-order valence-corrected chi connectivity index (χ4v) is 4.40. The normalized spacial score (nSPS) is 17.5. The third-order valence-corrected chi connectivity index (χ3v) is 5.88. The molecule has 0 atom stereocenters. The van der Waals surface area contributed by atoms with Crippen LogP contribution < -0.4 is 4.90 Å². The number of benzene rings is 2. The maximum Gasteiger partial charge on any atom is 0.331 e. The summed E-state index contributed by atoms with van der Waals surface area (Å²) in [5.74, 6) is -1.27. The summed E-state index contributed by atoms with van der Waals surface area (Å²) in [4.78, 5) is 25.5. The van der Waals surface area contributed by atoms with Crippen molar-refractivity contribution in [2.75, 3.05) is 12.0 Å². The Morgan fingerprint density at radius 2 is 1.67 bits per heavy atom. The fourth-order valence-electron chi connectivity index (χ4n) is 2.25. The largest absolute Gasteiger partial charge is 0.466 e. The lowest BCUT2D eigenvalue weighted by Gasteiger charge is -2.15. The molecule has 1 heterocycles. The summed E-state index contributed by atoms with van der Waals surface area (Å²) in [6, 6.07) is 16.1. The second kappa shape index (κ2) is 7.77. The number of ether oxygens (including phenoxy) is 1. The number of rotatable bonds is 4. The van der Waals surface area contributed by atoms with Crippen LogP contribution in [0.5, 0.6) is 0 Å². The number of hydrogen-bond donors (Lipinski definition) is 0. The van der Waals surface area contributed by atoms with E-state index in [-0.39, 0.29) is 15.0 Å². The van der Waals surface area contributed by atoms with E-state index in [1.165, 1.54) is 19.2 Å². The molecule has 1 aliphatic heterocycles. The van der Waals surface area contributed by atoms with E-state index in [9.17, 15) is 18.0 Å². The van der Waals surface area contributed by atoms with Gasteiger partial charge in [0.1, 0.15) is 0 Å². The van der Waals surface area contributed by atoms with Crippen LogP contribution in [0.25, 0.3) is 0 Å². The second-order valence-electron chi connectivity index (χ2n) is 5.27. The number of methoxy groups -OCH3 is 1. The Hall–Kier alpha value is -2.91. The lowest BCUT2D eigenvalue weighted by atomic mass is 10.3. The highest BCUT2D eigenvalue weighted by Crippen LogP contribution is 2.35. The molecule has 1 fully saturated rings. The van der Waals surface area contributed by atoms with Crippen molar-refractivity contribution in [1.29, 1.82) is 0 Å². The molecule has 3 rings (SSSR count). The molecule has 1 amide bonds. The molecule has 2 aromatic carbocycles. The monoisotopic (exact) mass is 402 g/mol. The third kappa shape index (κ3) is 4.09. The Morgan fingerprint density at radius 1 is 1.07 bits per heavy atom. The van der Waals surface area contributed by atoms with Crippen molar-refractivity contribution in [2.45, 2.75) is 4.90 Å². The molecule has 0 N–H and O–H groups in total. The molecule has 0 unspecified atom stereocenters. The van der Waals surface area contributed by atoms with E-state index in [1.54, 1.807) is 48.5 Å². The third-order valence-electron chi connectivity index (χ3n) is 3.51. The van der Waals surface area contributed by atoms with Gasteiger partial charge in [-0.25, -0.2) is 4.79 Å². The number of para-hydroxylation sites is 1. The van der Waals surface area contributed by atoms with Crippen molar-refractivity contribution in [3.8, 4) is 0 Å². The lowest BCUT2D eigenvalue weighted by Crippen LogP contribution is -2.29. The number of esters is 1. The molecule has 1 saturated heterocycles. The van der Waals surface area contributed by atoms with Gasteiger partial charge in [0.05, 0.1) is 22.6 Å². The number of nitrogens with zero attached hydrogens (tertiary/aromatic N) is 2. The van der Waals surface area contributed by atoms with Crippen LogP contribution >= 0.6 is 11.8 Å². The van der Waals surface area contributed by atoms with Crippen molar-refractivity contribution in [3.05, 3.63) is 71.6 Å². The van der Waals surface area contributed by atoms with E-state index in [4.69, 9.17) is 0 Å². The van der Waals surface area contributed by atoms with Gasteiger partial charge in [0, 0.05) is 6.08 Å². The molecule has 138 valence electrons. The SMILES string of the molecule is COC(=O)/C=C1\SC(=NS(=O)(=O)c2ccccc2)N(c2ccccc2)C1=O. The lowest BCUT2D eigenvalue weighted by molar-refractivity contribution is -0.135. The number of amidine groups is 1. The van der Waals surface area contributed by atoms with Crippen LogP contribution in [0.2, 0.25) is 0 Å². The second-order valence-corrected chi connectivity index (χ2v) is 7.89. The highest BCUT2D eigenvalue weighted by atomic mass is 32.2. The van der Waals surface area contributed by atoms with Gasteiger partial charge in [0.15, 0.2) is 5.17 Å². The summed E-state index contributed by atoms with van der Waals surface area (Å²) in [7, 11) is -2.85. The van der Waals surface area contributed by atoms with Gasteiger partial charge in [-0.2, -0.15) is 8.42 Å². The Labute approximate surface area is 160 Å². The number of anilines is 1. The minimum atomic E-state index is -4.04. The average Bonchev–Trinajstić information content (AvgIpc) is 2.97. The average molecular weight is 402 g/mol. The Balaban J connectivity index is 2.09. The van der Waals surface area contributed by atoms with Crippen LogP contribution in [0.15, 0.2) is 80.9 Å². The zero-order chi connectivity index (χ0) is 19.4. The Kier molecular flexibility index (Phi) is 5.43. The highest BCUT2D eigenvalue weighted by molar-refractivity contribution is 8.19. The van der Waals surface area contributed by atoms with E-state index in [0.717, 1.165) is 22.7 Å². The first kappa shape index (κ1) is 18.9. The molecule has 0 bridgehead atoms. The summed E-state index contributed by atoms with van der Waals surface area (Å²) >= 11 is 0.794. The Morgan fingerprint density at radius 3 is 2.26 bits per heavy atom. The first-order valence-corrected chi connectivity index (χ1v) is 9.95. The molecule has 7 nitrogen and oxygen atoms in total. The van der Waals surface area contributed by atoms with Gasteiger partial charge in [-0.3, -0.25) is 9.69 Å². The number of amides is 1. The van der Waals surface area contributed by atoms with Crippen LogP contribution in [-0.2, 0) is 24.3 Å². The van der Waals surface area contributed by atoms with E-state index >= 15 is 0 Å². The molecule has 0 radical (unpaired) electrons. The first-order valence-electron chi connectivity index (χ1n) is 7.69. The molecular formula is C18H14N2O5S2. The maximum absolute atomic E-state index is 12.7. The molecule has 0 aromatic heterocycles. The summed E-state index contributed by atoms with van der Waals surface area (Å²) in [6.07, 6.45) is 1.01. The topological polar surface area (TPSA) is 93.1 Å². The van der Waals surface area contributed by atoms with E-state index in [0.29, 0.717) is 5.69 Å². The zero-order valence-electron chi connectivity index (χ0n) is 14.1. The number of hydrogen-bond acceptors (Lipinski definition) is 6. The first-order chi connectivity index (χ1) is 12.9. The quantitative estimate of drug-likeness (QED) is 0.576. The number of carbonyl (C=O) groups is 2. The number of thioether (sulfide) groups is 1. The molecule has 0 spiro atoms. The highest BCUT2D eigenvalue weighted by Gasteiger charge is 2.36. The minimum Gasteiger partial charge on any atom is -0.466 e. The predicted octanol–water partition coefficient (Wildman–Crippen LogP) is 2.57. The summed E-state index contributed by atoms with van der Waals surface area (Å²) in [5, 5.41) is -0.0646. The molecule has 1 aliphatic rings. The molecule has 27 heavy (non-hydrogen) atoms. The molecule has 2 aromatic rings. The predicted molar refractivity (Wildman–Crippen MR) is 103 cm³/mol. The van der Waals surface area contributed by atoms with Crippen molar-refractivity contribution >= 4 is 44.5 Å². The van der Waals surface area contributed by atoms with Crippen LogP contribution in [-0.4, -0.2) is 32.6 Å². The van der Waals surface area contributed by atoms with Crippen LogP contribution in [0.3, 0.4) is 0 Å². The smallest absolute Gasteiger partial charge is 0.331 e. The fraction of sp³-hybridized carbons (Fsp3) is 0.0556. The van der Waals surface area contributed by atoms with Crippen molar-refractivity contribution in [3.63, 3.8) is 0 Å². The van der Waals surface area contributed by atoms with Gasteiger partial charge in [-0.15, -0.1) is 4.40 Å². The van der Waals surface area contributed by atoms with Crippen molar-refractivity contribution < 1.29 is 22.7 Å². The van der Waals surface area contributed by atoms with Gasteiger partial charge in [-0.1, -0.05) is 36.4 Å². The van der Waals surface area contributed by atoms with Crippen LogP contribution in [0.4, 0.5) is 5.69 Å². The summed E-state index contributed by atoms with van der Waals surface area (Å²) in [6.45, 7) is 0. The van der Waals surface area contributed by atoms with E-state index in [2.05, 4.69) is 9.13 Å². The molecule has 9 heteroatoms. The van der Waals surface area contributed by atoms with Gasteiger partial charge in [-0.05, 0) is 36.0 Å². The van der Waals surface area contributed by atoms with Crippen LogP contribution in [0, 0.1) is 0 Å². The molecule has 0 aliphatic carbocycles. The van der Waals surface area contributed by atoms with E-state index < -0.39 is 21.9 Å². The zero-order valence-corrected chi connectivity index (χ0v) is 15.7. The van der Waals surface area contributed by atoms with Gasteiger partial charge < -0.3 is 4.74 Å². The molecular weight excluding hydrogens is 388 g/mol. The van der Waals surface area contributed by atoms with Crippen molar-refractivity contribution in [2.24, 2.45) is 4.40 Å². The van der Waals surface area contributed by atoms with Gasteiger partial charge >= 0.3 is 5.97 Å². The Bertz CT molecular complexity index is 1030. The number of carbonyl (C=O) groups excluding carboxylic acids is 2. The van der Waals surface area contributed by atoms with Gasteiger partial charge in [0.2, 0.25) is 0 Å². The van der Waals surface area contributed by atoms with E-state index in [1.807, 2.05) is 0 Å². The number of sulfonamides is 1. The minimum absolute atomic E-state index is 0.00366. The summed E-state index contributed by atoms with van der Waals surface area (Å²) < 4.78 is 33.6. The summed E-state index contributed by atoms with van der Waals surface area (Å²) in [5.41, 5.74) is 0.435. The molecule has 0 saturated carbocycles. The van der Waals surface area contributed by atoms with Crippen LogP contribution in [0.1, 0.15) is 0 Å². The van der Waals surface area contributed by atoms with Crippen molar-refractivity contribution in [1.82, 2.24) is 0 Å². The standard InChI is InChI=1S/C18H14N2O5S2/c1-25-16(21)12-15-17(22)20(13-8-4-2-5-9-13)18(26-15)19-27(23,24)14-10-6-3-7-11-14/h2-12H,1H3/b15-12-,19-18?. The maximum atomic E-state index is 12.7. The van der Waals surface area contributed by atoms with Gasteiger partial charge in [0.25, 0.3) is 15.9 Å².